The van der Waals surface area contributed by atoms with Gasteiger partial charge in [-0.15, -0.1) is 0 Å². The molecule has 0 bridgehead atoms. The van der Waals surface area contributed by atoms with Gasteiger partial charge >= 0.3 is 5.97 Å². The Morgan fingerprint density at radius 3 is 2.56 bits per heavy atom. The molecule has 168 valence electrons. The first-order chi connectivity index (χ1) is 15.5. The van der Waals surface area contributed by atoms with E-state index in [1.165, 1.54) is 20.5 Å². The topological polar surface area (TPSA) is 104 Å². The van der Waals surface area contributed by atoms with Crippen LogP contribution in [0.5, 0.6) is 11.5 Å². The van der Waals surface area contributed by atoms with Gasteiger partial charge in [0, 0.05) is 29.5 Å². The van der Waals surface area contributed by atoms with Gasteiger partial charge < -0.3 is 23.9 Å². The average Bonchev–Trinajstić information content (AvgIpc) is 3.32. The standard InChI is InChI=1S/C24H25NO7/c1-4-31-24(28)22-15(17-6-5-9-32-17)11-16-21(23(22)27)14(12-20(26)25-16)13-7-8-18(29-2)19(10-13)30-3/h5-10,14-15,22H,4,11-12H2,1-3H3,(H,25,26)/t14-,15-,22+/m0/s1. The van der Waals surface area contributed by atoms with E-state index in [-0.39, 0.29) is 31.1 Å². The van der Waals surface area contributed by atoms with E-state index in [1.54, 1.807) is 37.3 Å². The van der Waals surface area contributed by atoms with Gasteiger partial charge in [0.1, 0.15) is 11.7 Å². The Bertz CT molecular complexity index is 1070. The van der Waals surface area contributed by atoms with Crippen molar-refractivity contribution in [1.82, 2.24) is 5.32 Å². The second-order valence-corrected chi connectivity index (χ2v) is 7.73. The van der Waals surface area contributed by atoms with E-state index < -0.39 is 23.7 Å². The summed E-state index contributed by atoms with van der Waals surface area (Å²) in [5.41, 5.74) is 1.68. The molecule has 8 heteroatoms. The second kappa shape index (κ2) is 8.90. The minimum absolute atomic E-state index is 0.0843. The molecule has 8 nitrogen and oxygen atoms in total. The fourth-order valence-corrected chi connectivity index (χ4v) is 4.58. The number of benzene rings is 1. The van der Waals surface area contributed by atoms with Crippen LogP contribution in [-0.2, 0) is 19.1 Å². The lowest BCUT2D eigenvalue weighted by molar-refractivity contribution is -0.152. The molecule has 2 heterocycles. The van der Waals surface area contributed by atoms with E-state index in [9.17, 15) is 14.4 Å². The molecule has 0 unspecified atom stereocenters. The highest BCUT2D eigenvalue weighted by Crippen LogP contribution is 2.46. The molecule has 1 N–H and O–H groups in total. The number of rotatable bonds is 6. The maximum atomic E-state index is 13.7. The molecule has 2 aromatic rings. The Balaban J connectivity index is 1.81. The molecule has 0 fully saturated rings. The van der Waals surface area contributed by atoms with E-state index in [1.807, 2.05) is 0 Å². The molecule has 1 aromatic heterocycles. The molecule has 32 heavy (non-hydrogen) atoms. The summed E-state index contributed by atoms with van der Waals surface area (Å²) in [5, 5.41) is 2.85. The Labute approximate surface area is 185 Å². The fourth-order valence-electron chi connectivity index (χ4n) is 4.58. The Morgan fingerprint density at radius 2 is 1.91 bits per heavy atom. The van der Waals surface area contributed by atoms with Gasteiger partial charge in [-0.1, -0.05) is 6.07 Å². The van der Waals surface area contributed by atoms with Gasteiger partial charge in [0.25, 0.3) is 0 Å². The Morgan fingerprint density at radius 1 is 1.12 bits per heavy atom. The number of amides is 1. The SMILES string of the molecule is CCOC(=O)[C@H]1C(=O)C2=C(C[C@H]1c1ccco1)NC(=O)C[C@H]2c1ccc(OC)c(OC)c1. The quantitative estimate of drug-likeness (QED) is 0.545. The third-order valence-electron chi connectivity index (χ3n) is 5.99. The number of esters is 1. The first kappa shape index (κ1) is 21.7. The van der Waals surface area contributed by atoms with Crippen molar-refractivity contribution < 1.29 is 33.0 Å². The number of Topliss-reactive ketones (excluding diaryl/α,β-unsaturated/α-hetero) is 1. The number of ketones is 1. The molecule has 1 aromatic carbocycles. The summed E-state index contributed by atoms with van der Waals surface area (Å²) < 4.78 is 21.5. The second-order valence-electron chi connectivity index (χ2n) is 7.73. The van der Waals surface area contributed by atoms with Crippen molar-refractivity contribution in [2.75, 3.05) is 20.8 Å². The first-order valence-corrected chi connectivity index (χ1v) is 10.5. The van der Waals surface area contributed by atoms with Gasteiger partial charge in [0.05, 0.1) is 27.1 Å². The predicted molar refractivity (Wildman–Crippen MR) is 113 cm³/mol. The number of ether oxygens (including phenoxy) is 3. The third kappa shape index (κ3) is 3.77. The van der Waals surface area contributed by atoms with E-state index >= 15 is 0 Å². The molecule has 2 aliphatic rings. The first-order valence-electron chi connectivity index (χ1n) is 10.5. The van der Waals surface area contributed by atoms with Crippen LogP contribution in [-0.4, -0.2) is 38.5 Å². The van der Waals surface area contributed by atoms with Crippen LogP contribution in [0, 0.1) is 5.92 Å². The van der Waals surface area contributed by atoms with E-state index in [0.717, 1.165) is 5.56 Å². The summed E-state index contributed by atoms with van der Waals surface area (Å²) in [4.78, 5) is 39.2. The zero-order valence-corrected chi connectivity index (χ0v) is 18.2. The van der Waals surface area contributed by atoms with Crippen LogP contribution in [0.1, 0.15) is 42.9 Å². The molecule has 0 radical (unpaired) electrons. The smallest absolute Gasteiger partial charge is 0.317 e. The maximum absolute atomic E-state index is 13.7. The minimum Gasteiger partial charge on any atom is -0.493 e. The number of carbonyl (C=O) groups excluding carboxylic acids is 3. The lowest BCUT2D eigenvalue weighted by Crippen LogP contribution is -2.44. The highest BCUT2D eigenvalue weighted by Gasteiger charge is 2.48. The molecule has 0 saturated carbocycles. The summed E-state index contributed by atoms with van der Waals surface area (Å²) in [5.74, 6) is -1.70. The van der Waals surface area contributed by atoms with Crippen LogP contribution >= 0.6 is 0 Å². The highest BCUT2D eigenvalue weighted by atomic mass is 16.5. The van der Waals surface area contributed by atoms with Crippen LogP contribution in [0.4, 0.5) is 0 Å². The van der Waals surface area contributed by atoms with Crippen LogP contribution in [0.2, 0.25) is 0 Å². The van der Waals surface area contributed by atoms with Gasteiger partial charge in [-0.2, -0.15) is 0 Å². The van der Waals surface area contributed by atoms with E-state index in [2.05, 4.69) is 5.32 Å². The maximum Gasteiger partial charge on any atom is 0.317 e. The van der Waals surface area contributed by atoms with Gasteiger partial charge in [-0.05, 0) is 43.2 Å². The van der Waals surface area contributed by atoms with Crippen molar-refractivity contribution in [3.63, 3.8) is 0 Å². The minimum atomic E-state index is -1.04. The molecule has 1 aliphatic carbocycles. The van der Waals surface area contributed by atoms with Gasteiger partial charge in [0.15, 0.2) is 17.3 Å². The average molecular weight is 439 g/mol. The van der Waals surface area contributed by atoms with Gasteiger partial charge in [0.2, 0.25) is 5.91 Å². The monoisotopic (exact) mass is 439 g/mol. The van der Waals surface area contributed by atoms with Crippen molar-refractivity contribution in [1.29, 1.82) is 0 Å². The van der Waals surface area contributed by atoms with Crippen molar-refractivity contribution in [3.8, 4) is 11.5 Å². The summed E-state index contributed by atoms with van der Waals surface area (Å²) in [6.07, 6.45) is 1.87. The number of hydrogen-bond donors (Lipinski definition) is 1. The fraction of sp³-hybridized carbons (Fsp3) is 0.375. The van der Waals surface area contributed by atoms with Crippen molar-refractivity contribution in [3.05, 3.63) is 59.2 Å². The van der Waals surface area contributed by atoms with Crippen molar-refractivity contribution in [2.24, 2.45) is 5.92 Å². The molecular weight excluding hydrogens is 414 g/mol. The van der Waals surface area contributed by atoms with Crippen molar-refractivity contribution >= 4 is 17.7 Å². The lowest BCUT2D eigenvalue weighted by atomic mass is 9.69. The molecule has 1 aliphatic heterocycles. The summed E-state index contributed by atoms with van der Waals surface area (Å²) >= 11 is 0. The summed E-state index contributed by atoms with van der Waals surface area (Å²) in [6.45, 7) is 1.86. The third-order valence-corrected chi connectivity index (χ3v) is 5.99. The van der Waals surface area contributed by atoms with Crippen LogP contribution in [0.3, 0.4) is 0 Å². The highest BCUT2D eigenvalue weighted by molar-refractivity contribution is 6.12. The Kier molecular flexibility index (Phi) is 6.03. The number of allylic oxidation sites excluding steroid dienone is 2. The number of carbonyl (C=O) groups is 3. The zero-order chi connectivity index (χ0) is 22.8. The molecule has 3 atom stereocenters. The molecule has 0 spiro atoms. The Hall–Kier alpha value is -3.55. The molecule has 1 amide bonds. The van der Waals surface area contributed by atoms with E-state index in [4.69, 9.17) is 18.6 Å². The largest absolute Gasteiger partial charge is 0.493 e. The van der Waals surface area contributed by atoms with Crippen LogP contribution in [0.25, 0.3) is 0 Å². The number of furan rings is 1. The zero-order valence-electron chi connectivity index (χ0n) is 18.2. The van der Waals surface area contributed by atoms with Crippen molar-refractivity contribution in [2.45, 2.75) is 31.6 Å². The van der Waals surface area contributed by atoms with Gasteiger partial charge in [-0.3, -0.25) is 14.4 Å². The lowest BCUT2D eigenvalue weighted by Gasteiger charge is -2.37. The predicted octanol–water partition coefficient (Wildman–Crippen LogP) is 3.09. The number of methoxy groups -OCH3 is 2. The molecule has 4 rings (SSSR count). The van der Waals surface area contributed by atoms with Gasteiger partial charge in [-0.25, -0.2) is 0 Å². The van der Waals surface area contributed by atoms with E-state index in [0.29, 0.717) is 28.5 Å². The summed E-state index contributed by atoms with van der Waals surface area (Å²) in [6, 6.07) is 8.74. The number of nitrogens with one attached hydrogen (secondary N) is 1. The molecular formula is C24H25NO7. The molecule has 0 saturated heterocycles. The van der Waals surface area contributed by atoms with Crippen LogP contribution < -0.4 is 14.8 Å². The normalized spacial score (nSPS) is 22.8. The summed E-state index contributed by atoms with van der Waals surface area (Å²) in [7, 11) is 3.06. The number of hydrogen-bond acceptors (Lipinski definition) is 7. The van der Waals surface area contributed by atoms with Crippen LogP contribution in [0.15, 0.2) is 52.3 Å².